The van der Waals surface area contributed by atoms with Gasteiger partial charge in [-0.2, -0.15) is 0 Å². The van der Waals surface area contributed by atoms with E-state index in [9.17, 15) is 0 Å². The normalized spacial score (nSPS) is 23.3. The molecule has 5 heteroatoms. The first-order valence-electron chi connectivity index (χ1n) is 7.20. The predicted molar refractivity (Wildman–Crippen MR) is 79.8 cm³/mol. The molecule has 1 saturated heterocycles. The van der Waals surface area contributed by atoms with Gasteiger partial charge in [-0.3, -0.25) is 0 Å². The Balaban J connectivity index is 1.72. The summed E-state index contributed by atoms with van der Waals surface area (Å²) in [7, 11) is 0. The van der Waals surface area contributed by atoms with E-state index in [1.807, 2.05) is 0 Å². The fourth-order valence-corrected chi connectivity index (χ4v) is 3.15. The average Bonchev–Trinajstić information content (AvgIpc) is 3.30. The number of hydrogen-bond donors (Lipinski definition) is 1. The van der Waals surface area contributed by atoms with Gasteiger partial charge in [-0.25, -0.2) is 9.97 Å². The molecule has 0 amide bonds. The molecule has 19 heavy (non-hydrogen) atoms. The number of hydrogen-bond acceptors (Lipinski definition) is 5. The molecule has 2 heterocycles. The number of aromatic nitrogens is 2. The molecule has 0 spiro atoms. The Morgan fingerprint density at radius 3 is 2.95 bits per heavy atom. The van der Waals surface area contributed by atoms with E-state index in [1.165, 1.54) is 32.2 Å². The Hall–Kier alpha value is -0.810. The van der Waals surface area contributed by atoms with Gasteiger partial charge in [0.1, 0.15) is 17.2 Å². The first-order chi connectivity index (χ1) is 9.36. The molecule has 1 aliphatic heterocycles. The zero-order valence-electron chi connectivity index (χ0n) is 11.5. The van der Waals surface area contributed by atoms with Crippen LogP contribution in [0, 0.1) is 5.92 Å². The third kappa shape index (κ3) is 3.39. The number of piperidine rings is 1. The SMILES string of the molecule is CSc1cc(N(CC2CCCNC2)C2CC2)ncn1. The summed E-state index contributed by atoms with van der Waals surface area (Å²) in [4.78, 5) is 11.3. The quantitative estimate of drug-likeness (QED) is 0.660. The maximum Gasteiger partial charge on any atom is 0.133 e. The van der Waals surface area contributed by atoms with Gasteiger partial charge in [0.05, 0.1) is 0 Å². The van der Waals surface area contributed by atoms with Crippen LogP contribution >= 0.6 is 11.8 Å². The number of rotatable bonds is 5. The smallest absolute Gasteiger partial charge is 0.133 e. The van der Waals surface area contributed by atoms with Crippen LogP contribution in [-0.4, -0.2) is 41.9 Å². The summed E-state index contributed by atoms with van der Waals surface area (Å²) in [5.74, 6) is 1.88. The molecule has 1 aliphatic carbocycles. The molecule has 3 rings (SSSR count). The second-order valence-electron chi connectivity index (χ2n) is 5.51. The monoisotopic (exact) mass is 278 g/mol. The molecule has 1 saturated carbocycles. The van der Waals surface area contributed by atoms with Crippen molar-refractivity contribution in [2.45, 2.75) is 36.8 Å². The zero-order valence-corrected chi connectivity index (χ0v) is 12.3. The molecular weight excluding hydrogens is 256 g/mol. The maximum atomic E-state index is 4.50. The van der Waals surface area contributed by atoms with Crippen LogP contribution < -0.4 is 10.2 Å². The van der Waals surface area contributed by atoms with Crippen LogP contribution in [0.15, 0.2) is 17.4 Å². The zero-order chi connectivity index (χ0) is 13.1. The third-order valence-corrected chi connectivity index (χ3v) is 4.61. The molecule has 104 valence electrons. The lowest BCUT2D eigenvalue weighted by Gasteiger charge is -2.31. The Morgan fingerprint density at radius 2 is 2.26 bits per heavy atom. The standard InChI is InChI=1S/C14H22N4S/c1-19-14-7-13(16-10-17-14)18(12-4-5-12)9-11-3-2-6-15-8-11/h7,10-12,15H,2-6,8-9H2,1H3. The first-order valence-corrected chi connectivity index (χ1v) is 8.42. The van der Waals surface area contributed by atoms with Gasteiger partial charge in [-0.1, -0.05) is 0 Å². The van der Waals surface area contributed by atoms with Gasteiger partial charge in [0.25, 0.3) is 0 Å². The number of anilines is 1. The molecule has 1 unspecified atom stereocenters. The first kappa shape index (κ1) is 13.2. The van der Waals surface area contributed by atoms with E-state index in [0.29, 0.717) is 6.04 Å². The van der Waals surface area contributed by atoms with E-state index in [2.05, 4.69) is 32.5 Å². The number of thioether (sulfide) groups is 1. The molecule has 2 fully saturated rings. The highest BCUT2D eigenvalue weighted by atomic mass is 32.2. The largest absolute Gasteiger partial charge is 0.353 e. The van der Waals surface area contributed by atoms with Gasteiger partial charge in [0.15, 0.2) is 0 Å². The second-order valence-corrected chi connectivity index (χ2v) is 6.34. The minimum Gasteiger partial charge on any atom is -0.353 e. The summed E-state index contributed by atoms with van der Waals surface area (Å²) in [5, 5.41) is 4.58. The summed E-state index contributed by atoms with van der Waals surface area (Å²) in [6.45, 7) is 3.48. The van der Waals surface area contributed by atoms with Crippen molar-refractivity contribution in [1.29, 1.82) is 0 Å². The molecule has 1 aromatic rings. The Labute approximate surface area is 119 Å². The molecule has 0 bridgehead atoms. The molecular formula is C14H22N4S. The van der Waals surface area contributed by atoms with Crippen molar-refractivity contribution in [3.63, 3.8) is 0 Å². The average molecular weight is 278 g/mol. The molecule has 1 N–H and O–H groups in total. The van der Waals surface area contributed by atoms with Crippen molar-refractivity contribution in [2.24, 2.45) is 5.92 Å². The van der Waals surface area contributed by atoms with Crippen LogP contribution in [0.5, 0.6) is 0 Å². The Morgan fingerprint density at radius 1 is 1.37 bits per heavy atom. The van der Waals surface area contributed by atoms with Crippen LogP contribution in [0.1, 0.15) is 25.7 Å². The van der Waals surface area contributed by atoms with Gasteiger partial charge in [-0.05, 0) is 50.9 Å². The molecule has 1 atom stereocenters. The number of nitrogens with zero attached hydrogens (tertiary/aromatic N) is 3. The summed E-state index contributed by atoms with van der Waals surface area (Å²) in [6, 6.07) is 2.85. The Kier molecular flexibility index (Phi) is 4.23. The second kappa shape index (κ2) is 6.09. The van der Waals surface area contributed by atoms with E-state index in [0.717, 1.165) is 29.9 Å². The highest BCUT2D eigenvalue weighted by molar-refractivity contribution is 7.98. The summed E-state index contributed by atoms with van der Waals surface area (Å²) in [5.41, 5.74) is 0. The third-order valence-electron chi connectivity index (χ3n) is 3.97. The van der Waals surface area contributed by atoms with Crippen molar-refractivity contribution in [3.8, 4) is 0 Å². The molecule has 4 nitrogen and oxygen atoms in total. The molecule has 0 radical (unpaired) electrons. The van der Waals surface area contributed by atoms with Gasteiger partial charge in [0, 0.05) is 18.7 Å². The van der Waals surface area contributed by atoms with E-state index in [4.69, 9.17) is 0 Å². The maximum absolute atomic E-state index is 4.50. The lowest BCUT2D eigenvalue weighted by atomic mass is 9.99. The van der Waals surface area contributed by atoms with Crippen molar-refractivity contribution < 1.29 is 0 Å². The summed E-state index contributed by atoms with van der Waals surface area (Å²) < 4.78 is 0. The highest BCUT2D eigenvalue weighted by Crippen LogP contribution is 2.32. The molecule has 2 aliphatic rings. The summed E-state index contributed by atoms with van der Waals surface area (Å²) in [6.07, 6.45) is 9.06. The van der Waals surface area contributed by atoms with Crippen LogP contribution in [0.3, 0.4) is 0 Å². The van der Waals surface area contributed by atoms with E-state index < -0.39 is 0 Å². The van der Waals surface area contributed by atoms with Gasteiger partial charge in [0.2, 0.25) is 0 Å². The van der Waals surface area contributed by atoms with Crippen molar-refractivity contribution in [3.05, 3.63) is 12.4 Å². The van der Waals surface area contributed by atoms with Crippen LogP contribution in [0.2, 0.25) is 0 Å². The lowest BCUT2D eigenvalue weighted by Crippen LogP contribution is -2.39. The predicted octanol–water partition coefficient (Wildman–Crippen LogP) is 2.17. The highest BCUT2D eigenvalue weighted by Gasteiger charge is 2.32. The van der Waals surface area contributed by atoms with Gasteiger partial charge < -0.3 is 10.2 Å². The van der Waals surface area contributed by atoms with Gasteiger partial charge >= 0.3 is 0 Å². The summed E-state index contributed by atoms with van der Waals surface area (Å²) >= 11 is 1.69. The van der Waals surface area contributed by atoms with Crippen LogP contribution in [0.25, 0.3) is 0 Å². The van der Waals surface area contributed by atoms with E-state index >= 15 is 0 Å². The fourth-order valence-electron chi connectivity index (χ4n) is 2.77. The molecule has 0 aromatic carbocycles. The van der Waals surface area contributed by atoms with Gasteiger partial charge in [-0.15, -0.1) is 11.8 Å². The minimum absolute atomic E-state index is 0.714. The topological polar surface area (TPSA) is 41.0 Å². The van der Waals surface area contributed by atoms with Crippen LogP contribution in [-0.2, 0) is 0 Å². The Bertz CT molecular complexity index is 416. The van der Waals surface area contributed by atoms with Crippen molar-refractivity contribution in [2.75, 3.05) is 30.8 Å². The van der Waals surface area contributed by atoms with E-state index in [-0.39, 0.29) is 0 Å². The van der Waals surface area contributed by atoms with E-state index in [1.54, 1.807) is 18.1 Å². The van der Waals surface area contributed by atoms with Crippen LogP contribution in [0.4, 0.5) is 5.82 Å². The number of nitrogens with one attached hydrogen (secondary N) is 1. The fraction of sp³-hybridized carbons (Fsp3) is 0.714. The minimum atomic E-state index is 0.714. The molecule has 1 aromatic heterocycles. The lowest BCUT2D eigenvalue weighted by molar-refractivity contribution is 0.375. The van der Waals surface area contributed by atoms with Crippen molar-refractivity contribution >= 4 is 17.6 Å². The van der Waals surface area contributed by atoms with Crippen molar-refractivity contribution in [1.82, 2.24) is 15.3 Å².